The van der Waals surface area contributed by atoms with Crippen molar-refractivity contribution in [2.75, 3.05) is 13.7 Å². The van der Waals surface area contributed by atoms with E-state index in [1.165, 1.54) is 0 Å². The first-order chi connectivity index (χ1) is 8.83. The van der Waals surface area contributed by atoms with Crippen molar-refractivity contribution in [3.05, 3.63) is 47.9 Å². The molecule has 4 nitrogen and oxygen atoms in total. The van der Waals surface area contributed by atoms with Gasteiger partial charge in [-0.3, -0.25) is 15.8 Å². The van der Waals surface area contributed by atoms with Crippen LogP contribution in [0, 0.1) is 0 Å². The lowest BCUT2D eigenvalue weighted by atomic mass is 10.2. The van der Waals surface area contributed by atoms with Gasteiger partial charge in [0.05, 0.1) is 19.4 Å². The molecule has 18 heavy (non-hydrogen) atoms. The predicted octanol–water partition coefficient (Wildman–Crippen LogP) is 2.38. The smallest absolute Gasteiger partial charge is 0.180 e. The first-order valence-corrected chi connectivity index (χ1v) is 6.40. The molecule has 0 aliphatic carbocycles. The third kappa shape index (κ3) is 3.07. The van der Waals surface area contributed by atoms with Gasteiger partial charge in [-0.05, 0) is 24.3 Å². The van der Waals surface area contributed by atoms with Crippen LogP contribution in [-0.4, -0.2) is 18.8 Å². The summed E-state index contributed by atoms with van der Waals surface area (Å²) in [5, 5.41) is 2.87. The van der Waals surface area contributed by atoms with Crippen LogP contribution in [0.5, 0.6) is 5.75 Å². The van der Waals surface area contributed by atoms with E-state index in [-0.39, 0.29) is 0 Å². The highest BCUT2D eigenvalue weighted by atomic mass is 32.2. The van der Waals surface area contributed by atoms with Gasteiger partial charge in [-0.15, -0.1) is 6.58 Å². The van der Waals surface area contributed by atoms with Gasteiger partial charge < -0.3 is 4.74 Å². The molecule has 1 aliphatic heterocycles. The Labute approximate surface area is 111 Å². The van der Waals surface area contributed by atoms with Crippen molar-refractivity contribution in [1.82, 2.24) is 10.9 Å². The zero-order valence-electron chi connectivity index (χ0n) is 10.1. The number of benzene rings is 1. The normalized spacial score (nSPS) is 16.5. The number of nitrogens with one attached hydrogen (secondary N) is 2. The summed E-state index contributed by atoms with van der Waals surface area (Å²) >= 11 is 1.55. The average molecular weight is 261 g/mol. The number of hydrogen-bond donors (Lipinski definition) is 2. The van der Waals surface area contributed by atoms with Crippen molar-refractivity contribution in [2.24, 2.45) is 4.99 Å². The quantitative estimate of drug-likeness (QED) is 0.817. The summed E-state index contributed by atoms with van der Waals surface area (Å²) in [4.78, 5) is 4.28. The number of hydrogen-bond acceptors (Lipinski definition) is 4. The third-order valence-electron chi connectivity index (χ3n) is 2.36. The molecule has 0 spiro atoms. The van der Waals surface area contributed by atoms with Gasteiger partial charge in [-0.25, -0.2) is 0 Å². The van der Waals surface area contributed by atoms with Crippen LogP contribution < -0.4 is 15.6 Å². The second-order valence-corrected chi connectivity index (χ2v) is 4.42. The van der Waals surface area contributed by atoms with E-state index in [0.717, 1.165) is 22.2 Å². The Kier molecular flexibility index (Phi) is 4.30. The van der Waals surface area contributed by atoms with E-state index >= 15 is 0 Å². The van der Waals surface area contributed by atoms with Gasteiger partial charge in [0.1, 0.15) is 5.75 Å². The second-order valence-electron chi connectivity index (χ2n) is 3.56. The van der Waals surface area contributed by atoms with Crippen molar-refractivity contribution < 1.29 is 4.74 Å². The van der Waals surface area contributed by atoms with E-state index in [9.17, 15) is 0 Å². The molecule has 5 heteroatoms. The molecule has 0 saturated carbocycles. The largest absolute Gasteiger partial charge is 0.497 e. The van der Waals surface area contributed by atoms with Gasteiger partial charge in [0, 0.05) is 11.0 Å². The monoisotopic (exact) mass is 261 g/mol. The van der Waals surface area contributed by atoms with Crippen LogP contribution in [0.1, 0.15) is 5.56 Å². The fraction of sp³-hybridized carbons (Fsp3) is 0.154. The van der Waals surface area contributed by atoms with Crippen molar-refractivity contribution >= 4 is 22.6 Å². The molecule has 0 radical (unpaired) electrons. The third-order valence-corrected chi connectivity index (χ3v) is 3.17. The molecule has 0 amide bonds. The summed E-state index contributed by atoms with van der Waals surface area (Å²) in [7, 11) is 1.66. The minimum absolute atomic E-state index is 0.614. The van der Waals surface area contributed by atoms with Gasteiger partial charge in [0.2, 0.25) is 0 Å². The van der Waals surface area contributed by atoms with Gasteiger partial charge in [0.15, 0.2) is 5.17 Å². The predicted molar refractivity (Wildman–Crippen MR) is 77.3 cm³/mol. The van der Waals surface area contributed by atoms with Crippen LogP contribution in [0.15, 0.2) is 47.3 Å². The Hall–Kier alpha value is -1.88. The van der Waals surface area contributed by atoms with Crippen molar-refractivity contribution in [3.63, 3.8) is 0 Å². The van der Waals surface area contributed by atoms with E-state index < -0.39 is 0 Å². The zero-order valence-corrected chi connectivity index (χ0v) is 11.0. The fourth-order valence-corrected chi connectivity index (χ4v) is 2.11. The number of ether oxygens (including phenoxy) is 1. The lowest BCUT2D eigenvalue weighted by Crippen LogP contribution is -2.36. The van der Waals surface area contributed by atoms with Crippen LogP contribution in [0.3, 0.4) is 0 Å². The number of nitrogens with zero attached hydrogens (tertiary/aromatic N) is 1. The topological polar surface area (TPSA) is 45.7 Å². The molecule has 1 heterocycles. The second kappa shape index (κ2) is 6.16. The van der Waals surface area contributed by atoms with Crippen LogP contribution in [-0.2, 0) is 0 Å². The lowest BCUT2D eigenvalue weighted by molar-refractivity contribution is 0.415. The maximum absolute atomic E-state index is 5.13. The number of methoxy groups -OCH3 is 1. The number of rotatable bonds is 4. The lowest BCUT2D eigenvalue weighted by Gasteiger charge is -2.19. The standard InChI is InChI=1S/C13H15N3OS/c1-3-8-14-13-16-15-12(9-18-13)10-4-6-11(17-2)7-5-10/h3-7,9,15H,1,8H2,2H3,(H,14,16). The summed E-state index contributed by atoms with van der Waals surface area (Å²) in [5.74, 6) is 0.851. The van der Waals surface area contributed by atoms with Gasteiger partial charge in [-0.1, -0.05) is 17.8 Å². The summed E-state index contributed by atoms with van der Waals surface area (Å²) in [6.07, 6.45) is 1.76. The summed E-state index contributed by atoms with van der Waals surface area (Å²) in [6.45, 7) is 4.25. The Bertz CT molecular complexity index is 480. The molecular weight excluding hydrogens is 246 g/mol. The first kappa shape index (κ1) is 12.6. The van der Waals surface area contributed by atoms with Crippen LogP contribution in [0.4, 0.5) is 0 Å². The van der Waals surface area contributed by atoms with Gasteiger partial charge >= 0.3 is 0 Å². The number of hydrazine groups is 1. The van der Waals surface area contributed by atoms with E-state index in [1.807, 2.05) is 29.7 Å². The SMILES string of the molecule is C=CCN=C1NNC(c2ccc(OC)cc2)=CS1. The van der Waals surface area contributed by atoms with Crippen molar-refractivity contribution in [3.8, 4) is 5.75 Å². The minimum atomic E-state index is 0.614. The maximum Gasteiger partial charge on any atom is 0.180 e. The van der Waals surface area contributed by atoms with E-state index in [0.29, 0.717) is 6.54 Å². The molecule has 94 valence electrons. The van der Waals surface area contributed by atoms with Crippen LogP contribution in [0.2, 0.25) is 0 Å². The molecule has 0 bridgehead atoms. The molecule has 1 aromatic carbocycles. The highest BCUT2D eigenvalue weighted by Crippen LogP contribution is 2.21. The number of aliphatic imine (C=N–C) groups is 1. The van der Waals surface area contributed by atoms with Crippen molar-refractivity contribution in [2.45, 2.75) is 0 Å². The maximum atomic E-state index is 5.13. The minimum Gasteiger partial charge on any atom is -0.497 e. The molecule has 0 atom stereocenters. The molecule has 0 unspecified atom stereocenters. The average Bonchev–Trinajstić information content (AvgIpc) is 2.46. The molecule has 2 N–H and O–H groups in total. The van der Waals surface area contributed by atoms with E-state index in [1.54, 1.807) is 24.9 Å². The molecule has 1 aromatic rings. The highest BCUT2D eigenvalue weighted by Gasteiger charge is 2.09. The first-order valence-electron chi connectivity index (χ1n) is 5.52. The van der Waals surface area contributed by atoms with Crippen LogP contribution >= 0.6 is 11.8 Å². The summed E-state index contributed by atoms with van der Waals surface area (Å²) < 4.78 is 5.13. The Balaban J connectivity index is 2.06. The van der Waals surface area contributed by atoms with E-state index in [2.05, 4.69) is 22.4 Å². The molecule has 1 aliphatic rings. The Morgan fingerprint density at radius 3 is 2.67 bits per heavy atom. The highest BCUT2D eigenvalue weighted by molar-refractivity contribution is 8.16. The van der Waals surface area contributed by atoms with Gasteiger partial charge in [0.25, 0.3) is 0 Å². The molecular formula is C13H15N3OS. The molecule has 0 aromatic heterocycles. The Morgan fingerprint density at radius 1 is 1.33 bits per heavy atom. The summed E-state index contributed by atoms with van der Waals surface area (Å²) in [5.41, 5.74) is 8.27. The zero-order chi connectivity index (χ0) is 12.8. The Morgan fingerprint density at radius 2 is 2.11 bits per heavy atom. The number of amidine groups is 1. The van der Waals surface area contributed by atoms with Crippen molar-refractivity contribution in [1.29, 1.82) is 0 Å². The number of thioether (sulfide) groups is 1. The molecule has 2 rings (SSSR count). The van der Waals surface area contributed by atoms with E-state index in [4.69, 9.17) is 4.74 Å². The van der Waals surface area contributed by atoms with Crippen LogP contribution in [0.25, 0.3) is 5.70 Å². The summed E-state index contributed by atoms with van der Waals surface area (Å²) in [6, 6.07) is 7.88. The molecule has 0 saturated heterocycles. The fourth-order valence-electron chi connectivity index (χ4n) is 1.43. The van der Waals surface area contributed by atoms with Gasteiger partial charge in [-0.2, -0.15) is 0 Å². The molecule has 0 fully saturated rings.